The number of halogens is 1. The van der Waals surface area contributed by atoms with Gasteiger partial charge in [0.15, 0.2) is 0 Å². The van der Waals surface area contributed by atoms with E-state index in [1.165, 1.54) is 0 Å². The van der Waals surface area contributed by atoms with Gasteiger partial charge in [-0.15, -0.1) is 0 Å². The Morgan fingerprint density at radius 3 is 2.80 bits per heavy atom. The van der Waals surface area contributed by atoms with E-state index in [9.17, 15) is 4.79 Å². The summed E-state index contributed by atoms with van der Waals surface area (Å²) in [4.78, 5) is 14.2. The molecule has 1 atom stereocenters. The Morgan fingerprint density at radius 2 is 2.20 bits per heavy atom. The van der Waals surface area contributed by atoms with Gasteiger partial charge in [-0.1, -0.05) is 17.7 Å². The van der Waals surface area contributed by atoms with Crippen molar-refractivity contribution in [3.8, 4) is 0 Å². The van der Waals surface area contributed by atoms with Gasteiger partial charge >= 0.3 is 0 Å². The smallest absolute Gasteiger partial charge is 0.227 e. The van der Waals surface area contributed by atoms with E-state index in [-0.39, 0.29) is 11.3 Å². The molecule has 1 saturated heterocycles. The summed E-state index contributed by atoms with van der Waals surface area (Å²) >= 11 is 6.30. The number of benzene rings is 1. The van der Waals surface area contributed by atoms with E-state index in [1.807, 2.05) is 26.1 Å². The molecule has 0 spiro atoms. The lowest BCUT2D eigenvalue weighted by molar-refractivity contribution is -0.128. The Balaban J connectivity index is 2.14. The molecule has 1 fully saturated rings. The summed E-state index contributed by atoms with van der Waals surface area (Å²) in [7, 11) is 3.60. The topological polar surface area (TPSA) is 44.4 Å². The minimum Gasteiger partial charge on any atom is -0.370 e. The van der Waals surface area contributed by atoms with Crippen LogP contribution in [0, 0.1) is 5.41 Å². The molecule has 0 aromatic heterocycles. The lowest BCUT2D eigenvalue weighted by atomic mass is 9.89. The summed E-state index contributed by atoms with van der Waals surface area (Å²) < 4.78 is 0. The molecule has 1 aliphatic heterocycles. The molecule has 0 bridgehead atoms. The molecule has 110 valence electrons. The highest BCUT2D eigenvalue weighted by atomic mass is 35.5. The number of nitrogens with zero attached hydrogens (tertiary/aromatic N) is 1. The Bertz CT molecular complexity index is 506. The van der Waals surface area contributed by atoms with Crippen LogP contribution in [-0.4, -0.2) is 33.1 Å². The quantitative estimate of drug-likeness (QED) is 0.893. The Kier molecular flexibility index (Phi) is 4.55. The van der Waals surface area contributed by atoms with Crippen molar-refractivity contribution in [2.45, 2.75) is 19.9 Å². The SMILES string of the molecule is CNCc1ccc(N2CCC(C)(C(=O)NC)C2)cc1Cl. The predicted octanol–water partition coefficient (Wildman–Crippen LogP) is 2.02. The van der Waals surface area contributed by atoms with E-state index in [0.717, 1.165) is 42.3 Å². The van der Waals surface area contributed by atoms with Crippen LogP contribution in [0.5, 0.6) is 0 Å². The van der Waals surface area contributed by atoms with Gasteiger partial charge in [-0.3, -0.25) is 4.79 Å². The third-order valence-electron chi connectivity index (χ3n) is 4.02. The summed E-state index contributed by atoms with van der Waals surface area (Å²) in [6, 6.07) is 6.11. The van der Waals surface area contributed by atoms with Gasteiger partial charge in [-0.05, 0) is 38.1 Å². The van der Waals surface area contributed by atoms with Gasteiger partial charge < -0.3 is 15.5 Å². The zero-order valence-corrected chi connectivity index (χ0v) is 13.0. The maximum atomic E-state index is 11.9. The molecule has 0 saturated carbocycles. The normalized spacial score (nSPS) is 22.1. The third kappa shape index (κ3) is 2.91. The van der Waals surface area contributed by atoms with Crippen molar-refractivity contribution in [3.63, 3.8) is 0 Å². The van der Waals surface area contributed by atoms with Crippen molar-refractivity contribution in [2.75, 3.05) is 32.1 Å². The fraction of sp³-hybridized carbons (Fsp3) is 0.533. The molecule has 2 rings (SSSR count). The molecule has 0 aliphatic carbocycles. The molecular formula is C15H22ClN3O. The zero-order chi connectivity index (χ0) is 14.8. The summed E-state index contributed by atoms with van der Waals surface area (Å²) in [5.41, 5.74) is 1.86. The monoisotopic (exact) mass is 295 g/mol. The van der Waals surface area contributed by atoms with Crippen molar-refractivity contribution in [3.05, 3.63) is 28.8 Å². The summed E-state index contributed by atoms with van der Waals surface area (Å²) in [6.45, 7) is 4.39. The van der Waals surface area contributed by atoms with Crippen molar-refractivity contribution in [1.29, 1.82) is 0 Å². The number of anilines is 1. The van der Waals surface area contributed by atoms with Gasteiger partial charge in [0.1, 0.15) is 0 Å². The van der Waals surface area contributed by atoms with E-state index in [2.05, 4.69) is 21.6 Å². The number of hydrogen-bond donors (Lipinski definition) is 2. The van der Waals surface area contributed by atoms with Crippen molar-refractivity contribution in [2.24, 2.45) is 5.41 Å². The van der Waals surface area contributed by atoms with E-state index in [0.29, 0.717) is 0 Å². The van der Waals surface area contributed by atoms with Crippen LogP contribution in [-0.2, 0) is 11.3 Å². The minimum atomic E-state index is -0.315. The first kappa shape index (κ1) is 15.1. The second-order valence-corrected chi connectivity index (χ2v) is 6.02. The summed E-state index contributed by atoms with van der Waals surface area (Å²) in [5.74, 6) is 0.109. The molecular weight excluding hydrogens is 274 g/mol. The Labute approximate surface area is 125 Å². The van der Waals surface area contributed by atoms with Gasteiger partial charge in [-0.25, -0.2) is 0 Å². The van der Waals surface area contributed by atoms with Gasteiger partial charge in [0, 0.05) is 37.4 Å². The van der Waals surface area contributed by atoms with Crippen molar-refractivity contribution >= 4 is 23.2 Å². The highest BCUT2D eigenvalue weighted by molar-refractivity contribution is 6.31. The van der Waals surface area contributed by atoms with Gasteiger partial charge in [0.2, 0.25) is 5.91 Å². The van der Waals surface area contributed by atoms with Crippen LogP contribution in [0.2, 0.25) is 5.02 Å². The molecule has 5 heteroatoms. The lowest BCUT2D eigenvalue weighted by Crippen LogP contribution is -2.39. The van der Waals surface area contributed by atoms with Crippen LogP contribution < -0.4 is 15.5 Å². The first-order valence-corrected chi connectivity index (χ1v) is 7.28. The fourth-order valence-corrected chi connectivity index (χ4v) is 2.98. The Hall–Kier alpha value is -1.26. The van der Waals surface area contributed by atoms with Crippen molar-refractivity contribution in [1.82, 2.24) is 10.6 Å². The molecule has 1 unspecified atom stereocenters. The minimum absolute atomic E-state index is 0.109. The maximum absolute atomic E-state index is 11.9. The van der Waals surface area contributed by atoms with E-state index in [4.69, 9.17) is 11.6 Å². The standard InChI is InChI=1S/C15H22ClN3O/c1-15(14(20)18-3)6-7-19(10-15)12-5-4-11(9-17-2)13(16)8-12/h4-5,8,17H,6-7,9-10H2,1-3H3,(H,18,20). The molecule has 1 aromatic rings. The molecule has 20 heavy (non-hydrogen) atoms. The Morgan fingerprint density at radius 1 is 1.45 bits per heavy atom. The van der Waals surface area contributed by atoms with Gasteiger partial charge in [0.05, 0.1) is 5.41 Å². The van der Waals surface area contributed by atoms with Crippen molar-refractivity contribution < 1.29 is 4.79 Å². The number of carbonyl (C=O) groups excluding carboxylic acids is 1. The summed E-state index contributed by atoms with van der Waals surface area (Å²) in [5, 5.41) is 6.62. The molecule has 1 aromatic carbocycles. The van der Waals surface area contributed by atoms with Crippen LogP contribution in [0.3, 0.4) is 0 Å². The number of rotatable bonds is 4. The zero-order valence-electron chi connectivity index (χ0n) is 12.3. The second-order valence-electron chi connectivity index (χ2n) is 5.62. The van der Waals surface area contributed by atoms with Crippen LogP contribution in [0.25, 0.3) is 0 Å². The first-order valence-electron chi connectivity index (χ1n) is 6.90. The van der Waals surface area contributed by atoms with Gasteiger partial charge in [-0.2, -0.15) is 0 Å². The van der Waals surface area contributed by atoms with E-state index in [1.54, 1.807) is 7.05 Å². The molecule has 1 heterocycles. The number of hydrogen-bond acceptors (Lipinski definition) is 3. The maximum Gasteiger partial charge on any atom is 0.227 e. The van der Waals surface area contributed by atoms with Gasteiger partial charge in [0.25, 0.3) is 0 Å². The highest BCUT2D eigenvalue weighted by Crippen LogP contribution is 2.34. The summed E-state index contributed by atoms with van der Waals surface area (Å²) in [6.07, 6.45) is 0.864. The molecule has 0 radical (unpaired) electrons. The molecule has 1 amide bonds. The molecule has 1 aliphatic rings. The average molecular weight is 296 g/mol. The third-order valence-corrected chi connectivity index (χ3v) is 4.37. The number of carbonyl (C=O) groups is 1. The molecule has 4 nitrogen and oxygen atoms in total. The fourth-order valence-electron chi connectivity index (χ4n) is 2.74. The van der Waals surface area contributed by atoms with E-state index >= 15 is 0 Å². The largest absolute Gasteiger partial charge is 0.370 e. The molecule has 2 N–H and O–H groups in total. The first-order chi connectivity index (χ1) is 9.50. The van der Waals surface area contributed by atoms with Crippen LogP contribution in [0.1, 0.15) is 18.9 Å². The number of nitrogens with one attached hydrogen (secondary N) is 2. The number of amides is 1. The van der Waals surface area contributed by atoms with E-state index < -0.39 is 0 Å². The van der Waals surface area contributed by atoms with Crippen LogP contribution in [0.4, 0.5) is 5.69 Å². The second kappa shape index (κ2) is 6.02. The van der Waals surface area contributed by atoms with Crippen LogP contribution in [0.15, 0.2) is 18.2 Å². The average Bonchev–Trinajstić information content (AvgIpc) is 2.84. The predicted molar refractivity (Wildman–Crippen MR) is 83.2 cm³/mol. The van der Waals surface area contributed by atoms with Crippen LogP contribution >= 0.6 is 11.6 Å². The highest BCUT2D eigenvalue weighted by Gasteiger charge is 2.39. The lowest BCUT2D eigenvalue weighted by Gasteiger charge is -2.24.